The van der Waals surface area contributed by atoms with Gasteiger partial charge in [-0.05, 0) is 32.2 Å². The average molecular weight is 226 g/mol. The Morgan fingerprint density at radius 2 is 2.38 bits per heavy atom. The van der Waals surface area contributed by atoms with Crippen molar-refractivity contribution in [2.75, 3.05) is 6.54 Å². The van der Waals surface area contributed by atoms with E-state index in [9.17, 15) is 9.90 Å². The van der Waals surface area contributed by atoms with Gasteiger partial charge in [0.1, 0.15) is 5.82 Å². The molecular formula is C10H18N4O2. The van der Waals surface area contributed by atoms with Crippen molar-refractivity contribution in [1.29, 1.82) is 0 Å². The lowest BCUT2D eigenvalue weighted by atomic mass is 10.0. The van der Waals surface area contributed by atoms with Crippen LogP contribution in [0.3, 0.4) is 0 Å². The largest absolute Gasteiger partial charge is 0.393 e. The maximum atomic E-state index is 11.4. The number of nitrogens with zero attached hydrogens (tertiary/aromatic N) is 2. The van der Waals surface area contributed by atoms with Crippen molar-refractivity contribution in [1.82, 2.24) is 14.8 Å². The van der Waals surface area contributed by atoms with E-state index in [4.69, 9.17) is 5.73 Å². The van der Waals surface area contributed by atoms with E-state index in [0.29, 0.717) is 19.5 Å². The summed E-state index contributed by atoms with van der Waals surface area (Å²) in [5.74, 6) is 1.02. The second-order valence-corrected chi connectivity index (χ2v) is 4.36. The number of aliphatic hydroxyl groups is 1. The number of hydrogen-bond acceptors (Lipinski definition) is 4. The number of nitrogens with one attached hydrogen (secondary N) is 1. The standard InChI is InChI=1S/C10H18N4O2/c1-2-14-9(12-13-10(14)16)6-3-7(5-11)8(15)4-6/h6-8,15H,2-5,11H2,1H3,(H,13,16). The van der Waals surface area contributed by atoms with Crippen LogP contribution >= 0.6 is 0 Å². The molecule has 3 unspecified atom stereocenters. The molecule has 1 aromatic heterocycles. The van der Waals surface area contributed by atoms with Gasteiger partial charge < -0.3 is 10.8 Å². The highest BCUT2D eigenvalue weighted by Gasteiger charge is 2.35. The number of hydrogen-bond donors (Lipinski definition) is 3. The molecule has 16 heavy (non-hydrogen) atoms. The first kappa shape index (κ1) is 11.3. The molecule has 1 aliphatic carbocycles. The van der Waals surface area contributed by atoms with Gasteiger partial charge in [-0.3, -0.25) is 4.57 Å². The van der Waals surface area contributed by atoms with Crippen molar-refractivity contribution in [2.45, 2.75) is 38.3 Å². The third-order valence-electron chi connectivity index (χ3n) is 3.43. The predicted octanol–water partition coefficient (Wildman–Crippen LogP) is -0.595. The van der Waals surface area contributed by atoms with Crippen molar-refractivity contribution in [3.63, 3.8) is 0 Å². The van der Waals surface area contributed by atoms with Crippen LogP contribution < -0.4 is 11.4 Å². The molecule has 1 saturated carbocycles. The van der Waals surface area contributed by atoms with Gasteiger partial charge >= 0.3 is 5.69 Å². The highest BCUT2D eigenvalue weighted by molar-refractivity contribution is 5.03. The summed E-state index contributed by atoms with van der Waals surface area (Å²) in [6.45, 7) is 3.00. The minimum atomic E-state index is -0.368. The number of aliphatic hydroxyl groups excluding tert-OH is 1. The minimum Gasteiger partial charge on any atom is -0.393 e. The van der Waals surface area contributed by atoms with E-state index < -0.39 is 0 Å². The zero-order valence-electron chi connectivity index (χ0n) is 9.39. The van der Waals surface area contributed by atoms with E-state index in [-0.39, 0.29) is 23.6 Å². The van der Waals surface area contributed by atoms with E-state index in [1.165, 1.54) is 0 Å². The molecule has 0 aromatic carbocycles. The quantitative estimate of drug-likeness (QED) is 0.641. The third-order valence-corrected chi connectivity index (χ3v) is 3.43. The monoisotopic (exact) mass is 226 g/mol. The molecular weight excluding hydrogens is 208 g/mol. The fourth-order valence-electron chi connectivity index (χ4n) is 2.51. The van der Waals surface area contributed by atoms with Gasteiger partial charge in [-0.1, -0.05) is 0 Å². The molecule has 6 heteroatoms. The summed E-state index contributed by atoms with van der Waals surface area (Å²) >= 11 is 0. The van der Waals surface area contributed by atoms with Crippen molar-refractivity contribution in [2.24, 2.45) is 11.7 Å². The van der Waals surface area contributed by atoms with Crippen LogP contribution in [0.25, 0.3) is 0 Å². The Kier molecular flexibility index (Phi) is 3.11. The molecule has 3 atom stereocenters. The highest BCUT2D eigenvalue weighted by Crippen LogP contribution is 2.36. The fraction of sp³-hybridized carbons (Fsp3) is 0.800. The summed E-state index contributed by atoms with van der Waals surface area (Å²) in [4.78, 5) is 11.4. The molecule has 0 bridgehead atoms. The Balaban J connectivity index is 2.23. The van der Waals surface area contributed by atoms with Gasteiger partial charge in [-0.2, -0.15) is 5.10 Å². The first-order valence-electron chi connectivity index (χ1n) is 5.70. The van der Waals surface area contributed by atoms with Crippen molar-refractivity contribution < 1.29 is 5.11 Å². The van der Waals surface area contributed by atoms with Gasteiger partial charge in [0.2, 0.25) is 0 Å². The zero-order valence-corrected chi connectivity index (χ0v) is 9.39. The van der Waals surface area contributed by atoms with E-state index >= 15 is 0 Å². The lowest BCUT2D eigenvalue weighted by Crippen LogP contribution is -2.21. The van der Waals surface area contributed by atoms with Crippen LogP contribution in [0.5, 0.6) is 0 Å². The van der Waals surface area contributed by atoms with Gasteiger partial charge in [-0.25, -0.2) is 9.89 Å². The summed E-state index contributed by atoms with van der Waals surface area (Å²) in [6.07, 6.45) is 1.08. The lowest BCUT2D eigenvalue weighted by molar-refractivity contribution is 0.136. The van der Waals surface area contributed by atoms with Crippen LogP contribution in [0, 0.1) is 5.92 Å². The molecule has 0 aliphatic heterocycles. The molecule has 1 aliphatic rings. The zero-order chi connectivity index (χ0) is 11.7. The fourth-order valence-corrected chi connectivity index (χ4v) is 2.51. The Hall–Kier alpha value is -1.14. The SMILES string of the molecule is CCn1c(C2CC(O)C(CN)C2)n[nH]c1=O. The van der Waals surface area contributed by atoms with Crippen molar-refractivity contribution in [3.05, 3.63) is 16.3 Å². The first-order valence-corrected chi connectivity index (χ1v) is 5.70. The normalized spacial score (nSPS) is 29.8. The van der Waals surface area contributed by atoms with E-state index in [1.54, 1.807) is 4.57 Å². The molecule has 0 amide bonds. The number of H-pyrrole nitrogens is 1. The summed E-state index contributed by atoms with van der Waals surface area (Å²) < 4.78 is 1.62. The van der Waals surface area contributed by atoms with Crippen LogP contribution in [-0.2, 0) is 6.54 Å². The highest BCUT2D eigenvalue weighted by atomic mass is 16.3. The van der Waals surface area contributed by atoms with Crippen LogP contribution in [0.2, 0.25) is 0 Å². The van der Waals surface area contributed by atoms with Crippen LogP contribution in [0.15, 0.2) is 4.79 Å². The molecule has 6 nitrogen and oxygen atoms in total. The van der Waals surface area contributed by atoms with Crippen LogP contribution in [0.1, 0.15) is 31.5 Å². The topological polar surface area (TPSA) is 96.9 Å². The maximum absolute atomic E-state index is 11.4. The van der Waals surface area contributed by atoms with Crippen LogP contribution in [-0.4, -0.2) is 32.5 Å². The van der Waals surface area contributed by atoms with Gasteiger partial charge in [0.15, 0.2) is 0 Å². The smallest absolute Gasteiger partial charge is 0.343 e. The van der Waals surface area contributed by atoms with Crippen LogP contribution in [0.4, 0.5) is 0 Å². The molecule has 0 radical (unpaired) electrons. The molecule has 0 spiro atoms. The maximum Gasteiger partial charge on any atom is 0.343 e. The average Bonchev–Trinajstić information content (AvgIpc) is 2.81. The molecule has 2 rings (SSSR count). The van der Waals surface area contributed by atoms with Gasteiger partial charge in [0, 0.05) is 12.5 Å². The first-order chi connectivity index (χ1) is 7.67. The second-order valence-electron chi connectivity index (χ2n) is 4.36. The summed E-state index contributed by atoms with van der Waals surface area (Å²) in [5.41, 5.74) is 5.41. The van der Waals surface area contributed by atoms with E-state index in [1.807, 2.05) is 6.92 Å². The molecule has 0 saturated heterocycles. The second kappa shape index (κ2) is 4.39. The van der Waals surface area contributed by atoms with E-state index in [0.717, 1.165) is 12.2 Å². The lowest BCUT2D eigenvalue weighted by Gasteiger charge is -2.09. The summed E-state index contributed by atoms with van der Waals surface area (Å²) in [7, 11) is 0. The minimum absolute atomic E-state index is 0.127. The number of aromatic amines is 1. The summed E-state index contributed by atoms with van der Waals surface area (Å²) in [6, 6.07) is 0. The van der Waals surface area contributed by atoms with Crippen molar-refractivity contribution >= 4 is 0 Å². The third kappa shape index (κ3) is 1.78. The molecule has 1 heterocycles. The molecule has 90 valence electrons. The summed E-state index contributed by atoms with van der Waals surface area (Å²) in [5, 5.41) is 16.3. The van der Waals surface area contributed by atoms with E-state index in [2.05, 4.69) is 10.2 Å². The predicted molar refractivity (Wildman–Crippen MR) is 59.0 cm³/mol. The van der Waals surface area contributed by atoms with Crippen molar-refractivity contribution in [3.8, 4) is 0 Å². The molecule has 1 aromatic rings. The van der Waals surface area contributed by atoms with Gasteiger partial charge in [0.05, 0.1) is 6.10 Å². The Morgan fingerprint density at radius 1 is 1.62 bits per heavy atom. The Bertz CT molecular complexity index is 411. The molecule has 4 N–H and O–H groups in total. The number of rotatable bonds is 3. The Morgan fingerprint density at radius 3 is 2.94 bits per heavy atom. The Labute approximate surface area is 93.5 Å². The number of nitrogens with two attached hydrogens (primary N) is 1. The van der Waals surface area contributed by atoms with Gasteiger partial charge in [0.25, 0.3) is 0 Å². The number of aromatic nitrogens is 3. The van der Waals surface area contributed by atoms with Gasteiger partial charge in [-0.15, -0.1) is 0 Å². The molecule has 1 fully saturated rings.